The third-order valence-electron chi connectivity index (χ3n) is 2.07. The molecule has 112 valence electrons. The Morgan fingerprint density at radius 3 is 2.30 bits per heavy atom. The van der Waals surface area contributed by atoms with Gasteiger partial charge in [-0.25, -0.2) is 18.6 Å². The topological polar surface area (TPSA) is 57.7 Å². The summed E-state index contributed by atoms with van der Waals surface area (Å²) < 4.78 is 74.2. The van der Waals surface area contributed by atoms with E-state index in [1.807, 2.05) is 0 Å². The van der Waals surface area contributed by atoms with Gasteiger partial charge in [0.05, 0.1) is 19.8 Å². The zero-order valence-corrected chi connectivity index (χ0v) is 10.1. The molecule has 0 saturated heterocycles. The molecule has 0 aliphatic heterocycles. The minimum absolute atomic E-state index is 0.389. The molecular formula is C10H8F5NO4. The maximum atomic E-state index is 12.7. The highest BCUT2D eigenvalue weighted by Gasteiger charge is 2.36. The molecule has 0 radical (unpaired) electrons. The van der Waals surface area contributed by atoms with Gasteiger partial charge in [-0.1, -0.05) is 0 Å². The zero-order valence-electron chi connectivity index (χ0n) is 10.1. The number of pyridine rings is 1. The molecule has 0 fully saturated rings. The lowest BCUT2D eigenvalue weighted by Crippen LogP contribution is -2.20. The molecule has 10 heteroatoms. The van der Waals surface area contributed by atoms with E-state index in [4.69, 9.17) is 0 Å². The molecular weight excluding hydrogens is 293 g/mol. The van der Waals surface area contributed by atoms with Crippen molar-refractivity contribution >= 4 is 5.97 Å². The largest absolute Gasteiger partial charge is 0.574 e. The van der Waals surface area contributed by atoms with E-state index in [2.05, 4.69) is 19.2 Å². The van der Waals surface area contributed by atoms with Crippen LogP contribution in [0.2, 0.25) is 0 Å². The minimum Gasteiger partial charge on any atom is -0.491 e. The number of carbonyl (C=O) groups is 1. The molecule has 1 rings (SSSR count). The highest BCUT2D eigenvalue weighted by Crippen LogP contribution is 2.38. The summed E-state index contributed by atoms with van der Waals surface area (Å²) in [5, 5.41) is 0. The van der Waals surface area contributed by atoms with Crippen molar-refractivity contribution in [1.29, 1.82) is 0 Å². The first-order valence-electron chi connectivity index (χ1n) is 4.90. The van der Waals surface area contributed by atoms with Gasteiger partial charge in [-0.3, -0.25) is 0 Å². The molecule has 0 N–H and O–H groups in total. The van der Waals surface area contributed by atoms with Crippen LogP contribution in [0.15, 0.2) is 6.20 Å². The number of alkyl halides is 5. The molecule has 0 aliphatic rings. The SMILES string of the molecule is COC(=O)c1c(C(F)F)cnc(OC(F)(F)F)c1OC. The number of rotatable bonds is 4. The molecule has 0 aliphatic carbocycles. The Labute approximate surface area is 109 Å². The molecule has 1 aromatic rings. The van der Waals surface area contributed by atoms with Crippen molar-refractivity contribution in [1.82, 2.24) is 4.98 Å². The standard InChI is InChI=1S/C10H8F5NO4/c1-18-6-5(9(17)19-2)4(7(11)12)3-16-8(6)20-10(13,14)15/h3,7H,1-2H3. The molecule has 0 unspecified atom stereocenters. The fraction of sp³-hybridized carbons (Fsp3) is 0.400. The van der Waals surface area contributed by atoms with Crippen LogP contribution in [-0.4, -0.2) is 31.5 Å². The van der Waals surface area contributed by atoms with Crippen molar-refractivity contribution < 1.29 is 41.0 Å². The number of halogens is 5. The molecule has 20 heavy (non-hydrogen) atoms. The van der Waals surface area contributed by atoms with Gasteiger partial charge in [0.1, 0.15) is 5.56 Å². The van der Waals surface area contributed by atoms with Crippen molar-refractivity contribution in [3.8, 4) is 11.6 Å². The van der Waals surface area contributed by atoms with Crippen LogP contribution in [-0.2, 0) is 4.74 Å². The Hall–Kier alpha value is -2.13. The Balaban J connectivity index is 3.48. The number of aromatic nitrogens is 1. The smallest absolute Gasteiger partial charge is 0.491 e. The number of esters is 1. The van der Waals surface area contributed by atoms with Crippen molar-refractivity contribution in [2.24, 2.45) is 0 Å². The maximum Gasteiger partial charge on any atom is 0.574 e. The molecule has 0 amide bonds. The summed E-state index contributed by atoms with van der Waals surface area (Å²) in [4.78, 5) is 14.5. The van der Waals surface area contributed by atoms with Crippen LogP contribution >= 0.6 is 0 Å². The van der Waals surface area contributed by atoms with Gasteiger partial charge in [0.2, 0.25) is 0 Å². The van der Waals surface area contributed by atoms with Gasteiger partial charge < -0.3 is 14.2 Å². The van der Waals surface area contributed by atoms with Gasteiger partial charge in [-0.15, -0.1) is 13.2 Å². The van der Waals surface area contributed by atoms with E-state index in [1.165, 1.54) is 0 Å². The van der Waals surface area contributed by atoms with E-state index >= 15 is 0 Å². The third-order valence-corrected chi connectivity index (χ3v) is 2.07. The van der Waals surface area contributed by atoms with Gasteiger partial charge in [0.15, 0.2) is 5.75 Å². The van der Waals surface area contributed by atoms with Crippen LogP contribution in [0.4, 0.5) is 22.0 Å². The summed E-state index contributed by atoms with van der Waals surface area (Å²) in [6.07, 6.45) is -7.90. The van der Waals surface area contributed by atoms with E-state index in [0.717, 1.165) is 14.2 Å². The summed E-state index contributed by atoms with van der Waals surface area (Å²) in [5.41, 5.74) is -1.80. The number of hydrogen-bond donors (Lipinski definition) is 0. The Bertz CT molecular complexity index is 503. The van der Waals surface area contributed by atoms with Gasteiger partial charge in [-0.05, 0) is 0 Å². The second-order valence-corrected chi connectivity index (χ2v) is 3.27. The number of nitrogens with zero attached hydrogens (tertiary/aromatic N) is 1. The molecule has 5 nitrogen and oxygen atoms in total. The molecule has 0 bridgehead atoms. The molecule has 0 aromatic carbocycles. The van der Waals surface area contributed by atoms with Crippen LogP contribution in [0.1, 0.15) is 22.3 Å². The fourth-order valence-electron chi connectivity index (χ4n) is 1.34. The van der Waals surface area contributed by atoms with Crippen LogP contribution in [0.3, 0.4) is 0 Å². The number of ether oxygens (including phenoxy) is 3. The predicted octanol–water partition coefficient (Wildman–Crippen LogP) is 2.71. The molecule has 0 atom stereocenters. The van der Waals surface area contributed by atoms with Crippen LogP contribution < -0.4 is 9.47 Å². The second kappa shape index (κ2) is 5.88. The molecule has 0 saturated carbocycles. The van der Waals surface area contributed by atoms with Gasteiger partial charge in [0, 0.05) is 6.20 Å². The highest BCUT2D eigenvalue weighted by molar-refractivity contribution is 5.95. The average Bonchev–Trinajstić information content (AvgIpc) is 2.34. The number of methoxy groups -OCH3 is 2. The van der Waals surface area contributed by atoms with Crippen molar-refractivity contribution in [2.45, 2.75) is 12.8 Å². The van der Waals surface area contributed by atoms with E-state index in [-0.39, 0.29) is 0 Å². The normalized spacial score (nSPS) is 11.4. The first-order chi connectivity index (χ1) is 9.21. The summed E-state index contributed by atoms with van der Waals surface area (Å²) in [6, 6.07) is 0. The van der Waals surface area contributed by atoms with Gasteiger partial charge in [-0.2, -0.15) is 0 Å². The summed E-state index contributed by atoms with van der Waals surface area (Å²) in [6.45, 7) is 0. The fourth-order valence-corrected chi connectivity index (χ4v) is 1.34. The van der Waals surface area contributed by atoms with Gasteiger partial charge >= 0.3 is 12.3 Å². The lowest BCUT2D eigenvalue weighted by atomic mass is 10.1. The van der Waals surface area contributed by atoms with Crippen LogP contribution in [0.5, 0.6) is 11.6 Å². The van der Waals surface area contributed by atoms with Crippen LogP contribution in [0, 0.1) is 0 Å². The second-order valence-electron chi connectivity index (χ2n) is 3.27. The Kier molecular flexibility index (Phi) is 4.69. The summed E-state index contributed by atoms with van der Waals surface area (Å²) in [5.74, 6) is -3.34. The lowest BCUT2D eigenvalue weighted by Gasteiger charge is -2.16. The quantitative estimate of drug-likeness (QED) is 0.632. The third kappa shape index (κ3) is 3.45. The molecule has 1 heterocycles. The van der Waals surface area contributed by atoms with E-state index in [1.54, 1.807) is 0 Å². The van der Waals surface area contributed by atoms with Crippen molar-refractivity contribution in [3.63, 3.8) is 0 Å². The molecule has 1 aromatic heterocycles. The lowest BCUT2D eigenvalue weighted by molar-refractivity contribution is -0.276. The highest BCUT2D eigenvalue weighted by atomic mass is 19.4. The van der Waals surface area contributed by atoms with Crippen molar-refractivity contribution in [3.05, 3.63) is 17.3 Å². The average molecular weight is 301 g/mol. The van der Waals surface area contributed by atoms with Crippen molar-refractivity contribution in [2.75, 3.05) is 14.2 Å². The van der Waals surface area contributed by atoms with E-state index in [9.17, 15) is 26.7 Å². The van der Waals surface area contributed by atoms with Gasteiger partial charge in [0.25, 0.3) is 12.3 Å². The number of hydrogen-bond acceptors (Lipinski definition) is 5. The minimum atomic E-state index is -5.12. The maximum absolute atomic E-state index is 12.7. The summed E-state index contributed by atoms with van der Waals surface area (Å²) >= 11 is 0. The Morgan fingerprint density at radius 1 is 1.30 bits per heavy atom. The monoisotopic (exact) mass is 301 g/mol. The first-order valence-corrected chi connectivity index (χ1v) is 4.90. The zero-order chi connectivity index (χ0) is 15.5. The predicted molar refractivity (Wildman–Crippen MR) is 53.8 cm³/mol. The number of carbonyl (C=O) groups excluding carboxylic acids is 1. The Morgan fingerprint density at radius 2 is 1.90 bits per heavy atom. The first kappa shape index (κ1) is 15.9. The van der Waals surface area contributed by atoms with Crippen LogP contribution in [0.25, 0.3) is 0 Å². The van der Waals surface area contributed by atoms with E-state index in [0.29, 0.717) is 6.20 Å². The molecule has 0 spiro atoms. The summed E-state index contributed by atoms with van der Waals surface area (Å²) in [7, 11) is 1.75. The van der Waals surface area contributed by atoms with E-state index < -0.39 is 41.5 Å².